The average molecular weight is 231 g/mol. The van der Waals surface area contributed by atoms with Crippen LogP contribution in [0.2, 0.25) is 0 Å². The van der Waals surface area contributed by atoms with Crippen molar-refractivity contribution in [1.29, 1.82) is 0 Å². The summed E-state index contributed by atoms with van der Waals surface area (Å²) >= 11 is 0. The highest BCUT2D eigenvalue weighted by molar-refractivity contribution is 6.03. The minimum absolute atomic E-state index is 0.275. The van der Waals surface area contributed by atoms with Gasteiger partial charge < -0.3 is 5.32 Å². The predicted octanol–water partition coefficient (Wildman–Crippen LogP) is 3.10. The van der Waals surface area contributed by atoms with Crippen LogP contribution in [0.1, 0.15) is 48.5 Å². The normalized spacial score (nSPS) is 18.2. The highest BCUT2D eigenvalue weighted by Crippen LogP contribution is 2.32. The van der Waals surface area contributed by atoms with E-state index in [4.69, 9.17) is 0 Å². The van der Waals surface area contributed by atoms with Crippen molar-refractivity contribution < 1.29 is 4.79 Å². The molecule has 0 saturated heterocycles. The van der Waals surface area contributed by atoms with Gasteiger partial charge in [-0.25, -0.2) is 0 Å². The summed E-state index contributed by atoms with van der Waals surface area (Å²) in [4.78, 5) is 12.6. The van der Waals surface area contributed by atoms with Crippen LogP contribution >= 0.6 is 0 Å². The summed E-state index contributed by atoms with van der Waals surface area (Å²) in [5.74, 6) is 0.275. The lowest BCUT2D eigenvalue weighted by Crippen LogP contribution is -2.49. The van der Waals surface area contributed by atoms with Crippen molar-refractivity contribution in [1.82, 2.24) is 5.32 Å². The number of carbonyl (C=O) groups is 1. The van der Waals surface area contributed by atoms with Crippen molar-refractivity contribution in [3.63, 3.8) is 0 Å². The van der Waals surface area contributed by atoms with Gasteiger partial charge in [-0.1, -0.05) is 49.6 Å². The minimum Gasteiger partial charge on any atom is -0.305 e. The number of benzene rings is 1. The van der Waals surface area contributed by atoms with E-state index in [1.807, 2.05) is 31.2 Å². The van der Waals surface area contributed by atoms with E-state index in [9.17, 15) is 4.79 Å². The van der Waals surface area contributed by atoms with Crippen LogP contribution in [-0.4, -0.2) is 17.9 Å². The Kier molecular flexibility index (Phi) is 3.63. The molecule has 0 radical (unpaired) electrons. The van der Waals surface area contributed by atoms with Crippen molar-refractivity contribution in [2.24, 2.45) is 0 Å². The number of ketones is 1. The van der Waals surface area contributed by atoms with Crippen LogP contribution in [0.5, 0.6) is 0 Å². The van der Waals surface area contributed by atoms with Crippen LogP contribution < -0.4 is 5.32 Å². The third-order valence-electron chi connectivity index (χ3n) is 3.72. The number of hydrogen-bond donors (Lipinski definition) is 1. The molecule has 2 nitrogen and oxygen atoms in total. The molecule has 1 aromatic rings. The quantitative estimate of drug-likeness (QED) is 0.807. The molecule has 0 bridgehead atoms. The molecule has 0 spiro atoms. The summed E-state index contributed by atoms with van der Waals surface area (Å²) in [6, 6.07) is 7.94. The first-order chi connectivity index (χ1) is 8.18. The smallest absolute Gasteiger partial charge is 0.182 e. The lowest BCUT2D eigenvalue weighted by Gasteiger charge is -2.28. The first kappa shape index (κ1) is 12.3. The topological polar surface area (TPSA) is 29.1 Å². The second-order valence-corrected chi connectivity index (χ2v) is 5.01. The van der Waals surface area contributed by atoms with Gasteiger partial charge in [-0.2, -0.15) is 0 Å². The fourth-order valence-corrected chi connectivity index (χ4v) is 2.78. The molecule has 1 fully saturated rings. The third-order valence-corrected chi connectivity index (χ3v) is 3.72. The molecule has 17 heavy (non-hydrogen) atoms. The summed E-state index contributed by atoms with van der Waals surface area (Å²) in [7, 11) is 0. The second kappa shape index (κ2) is 5.01. The number of carbonyl (C=O) groups excluding carboxylic acids is 1. The highest BCUT2D eigenvalue weighted by atomic mass is 16.1. The zero-order valence-electron chi connectivity index (χ0n) is 10.8. The summed E-state index contributed by atoms with van der Waals surface area (Å²) < 4.78 is 0. The Bertz CT molecular complexity index is 388. The molecule has 0 amide bonds. The Labute approximate surface area is 103 Å². The zero-order valence-corrected chi connectivity index (χ0v) is 10.8. The minimum atomic E-state index is -0.288. The molecule has 2 heteroatoms. The largest absolute Gasteiger partial charge is 0.305 e. The van der Waals surface area contributed by atoms with E-state index in [0.29, 0.717) is 0 Å². The summed E-state index contributed by atoms with van der Waals surface area (Å²) in [5, 5.41) is 3.42. The molecule has 1 aliphatic carbocycles. The van der Waals surface area contributed by atoms with E-state index in [-0.39, 0.29) is 11.3 Å². The Morgan fingerprint density at radius 2 is 1.82 bits per heavy atom. The third kappa shape index (κ3) is 2.42. The summed E-state index contributed by atoms with van der Waals surface area (Å²) in [6.07, 6.45) is 4.27. The molecule has 0 unspecified atom stereocenters. The Hall–Kier alpha value is -1.15. The SMILES string of the molecule is CCNC1(C(=O)c2ccc(C)cc2)CCCC1. The maximum Gasteiger partial charge on any atom is 0.182 e. The van der Waals surface area contributed by atoms with Gasteiger partial charge in [0.2, 0.25) is 0 Å². The number of Topliss-reactive ketones (excluding diaryl/α,β-unsaturated/α-hetero) is 1. The second-order valence-electron chi connectivity index (χ2n) is 5.01. The van der Waals surface area contributed by atoms with Gasteiger partial charge in [-0.15, -0.1) is 0 Å². The van der Waals surface area contributed by atoms with Crippen LogP contribution in [0.15, 0.2) is 24.3 Å². The first-order valence-electron chi connectivity index (χ1n) is 6.54. The summed E-state index contributed by atoms with van der Waals surface area (Å²) in [6.45, 7) is 4.98. The number of nitrogens with one attached hydrogen (secondary N) is 1. The van der Waals surface area contributed by atoms with Crippen molar-refractivity contribution >= 4 is 5.78 Å². The van der Waals surface area contributed by atoms with Gasteiger partial charge in [0.1, 0.15) is 0 Å². The number of rotatable bonds is 4. The van der Waals surface area contributed by atoms with E-state index in [2.05, 4.69) is 12.2 Å². The molecular formula is C15H21NO. The molecule has 1 N–H and O–H groups in total. The van der Waals surface area contributed by atoms with Gasteiger partial charge in [0.25, 0.3) is 0 Å². The van der Waals surface area contributed by atoms with E-state index >= 15 is 0 Å². The van der Waals surface area contributed by atoms with E-state index in [0.717, 1.165) is 37.8 Å². The van der Waals surface area contributed by atoms with Gasteiger partial charge in [0.15, 0.2) is 5.78 Å². The van der Waals surface area contributed by atoms with E-state index < -0.39 is 0 Å². The van der Waals surface area contributed by atoms with Gasteiger partial charge in [-0.3, -0.25) is 4.79 Å². The highest BCUT2D eigenvalue weighted by Gasteiger charge is 2.40. The number of likely N-dealkylation sites (N-methyl/N-ethyl adjacent to an activating group) is 1. The van der Waals surface area contributed by atoms with Crippen molar-refractivity contribution in [3.8, 4) is 0 Å². The predicted molar refractivity (Wildman–Crippen MR) is 70.4 cm³/mol. The molecule has 0 aliphatic heterocycles. The maximum atomic E-state index is 12.6. The van der Waals surface area contributed by atoms with Gasteiger partial charge in [0.05, 0.1) is 5.54 Å². The van der Waals surface area contributed by atoms with Gasteiger partial charge >= 0.3 is 0 Å². The van der Waals surface area contributed by atoms with Crippen LogP contribution in [0.3, 0.4) is 0 Å². The van der Waals surface area contributed by atoms with Crippen LogP contribution in [-0.2, 0) is 0 Å². The average Bonchev–Trinajstić information content (AvgIpc) is 2.79. The Balaban J connectivity index is 2.25. The van der Waals surface area contributed by atoms with Crippen molar-refractivity contribution in [2.75, 3.05) is 6.54 Å². The molecule has 1 aliphatic rings. The van der Waals surface area contributed by atoms with Gasteiger partial charge in [0, 0.05) is 5.56 Å². The van der Waals surface area contributed by atoms with E-state index in [1.165, 1.54) is 5.56 Å². The molecule has 1 aromatic carbocycles. The number of aryl methyl sites for hydroxylation is 1. The zero-order chi connectivity index (χ0) is 12.3. The molecule has 0 aromatic heterocycles. The molecule has 0 heterocycles. The monoisotopic (exact) mass is 231 g/mol. The lowest BCUT2D eigenvalue weighted by atomic mass is 9.87. The first-order valence-corrected chi connectivity index (χ1v) is 6.54. The molecule has 92 valence electrons. The lowest BCUT2D eigenvalue weighted by molar-refractivity contribution is 0.0856. The standard InChI is InChI=1S/C15H21NO/c1-3-16-15(10-4-5-11-15)14(17)13-8-6-12(2)7-9-13/h6-9,16H,3-5,10-11H2,1-2H3. The Morgan fingerprint density at radius 1 is 1.24 bits per heavy atom. The van der Waals surface area contributed by atoms with Crippen molar-refractivity contribution in [2.45, 2.75) is 45.1 Å². The maximum absolute atomic E-state index is 12.6. The fourth-order valence-electron chi connectivity index (χ4n) is 2.78. The van der Waals surface area contributed by atoms with Crippen molar-refractivity contribution in [3.05, 3.63) is 35.4 Å². The number of hydrogen-bond acceptors (Lipinski definition) is 2. The van der Waals surface area contributed by atoms with E-state index in [1.54, 1.807) is 0 Å². The van der Waals surface area contributed by atoms with Crippen LogP contribution in [0.25, 0.3) is 0 Å². The summed E-state index contributed by atoms with van der Waals surface area (Å²) in [5.41, 5.74) is 1.76. The fraction of sp³-hybridized carbons (Fsp3) is 0.533. The molecule has 1 saturated carbocycles. The van der Waals surface area contributed by atoms with Crippen LogP contribution in [0.4, 0.5) is 0 Å². The molecule has 0 atom stereocenters. The van der Waals surface area contributed by atoms with Crippen LogP contribution in [0, 0.1) is 6.92 Å². The molecule has 2 rings (SSSR count). The van der Waals surface area contributed by atoms with Gasteiger partial charge in [-0.05, 0) is 26.3 Å². The Morgan fingerprint density at radius 3 is 2.35 bits per heavy atom. The molecular weight excluding hydrogens is 210 g/mol.